The highest BCUT2D eigenvalue weighted by Gasteiger charge is 2.14. The molecule has 0 amide bonds. The third-order valence-corrected chi connectivity index (χ3v) is 5.64. The first-order chi connectivity index (χ1) is 14.2. The fraction of sp³-hybridized carbons (Fsp3) is 0.320. The van der Waals surface area contributed by atoms with Gasteiger partial charge in [-0.05, 0) is 55.8 Å². The molecular formula is C25H29N3S. The lowest BCUT2D eigenvalue weighted by atomic mass is 10.1. The molecule has 0 radical (unpaired) electrons. The van der Waals surface area contributed by atoms with E-state index in [1.807, 2.05) is 54.7 Å². The molecule has 0 bridgehead atoms. The Labute approximate surface area is 178 Å². The second kappa shape index (κ2) is 11.5. The molecule has 1 aliphatic rings. The zero-order chi connectivity index (χ0) is 20.3. The second-order valence-electron chi connectivity index (χ2n) is 7.20. The number of aromatic nitrogens is 1. The molecule has 1 unspecified atom stereocenters. The summed E-state index contributed by atoms with van der Waals surface area (Å²) in [6.45, 7) is 4.46. The van der Waals surface area contributed by atoms with Crippen molar-refractivity contribution in [2.75, 3.05) is 0 Å². The summed E-state index contributed by atoms with van der Waals surface area (Å²) >= 11 is 1.65. The average Bonchev–Trinajstić information content (AvgIpc) is 2.75. The van der Waals surface area contributed by atoms with Crippen LogP contribution in [0.15, 0.2) is 92.9 Å². The first-order valence-corrected chi connectivity index (χ1v) is 11.3. The predicted molar refractivity (Wildman–Crippen MR) is 127 cm³/mol. The van der Waals surface area contributed by atoms with Crippen LogP contribution in [0.2, 0.25) is 0 Å². The van der Waals surface area contributed by atoms with E-state index < -0.39 is 0 Å². The molecule has 3 nitrogen and oxygen atoms in total. The number of benzene rings is 1. The molecule has 1 atom stereocenters. The SMILES string of the molecule is CCCCCCC(C)N=C1C=CC(=Nc2ccccc2)C=C1Sc1ccccn1. The molecule has 1 aliphatic carbocycles. The van der Waals surface area contributed by atoms with Crippen molar-refractivity contribution in [3.8, 4) is 0 Å². The highest BCUT2D eigenvalue weighted by Crippen LogP contribution is 2.29. The van der Waals surface area contributed by atoms with Crippen LogP contribution in [-0.2, 0) is 0 Å². The number of hydrogen-bond donors (Lipinski definition) is 0. The zero-order valence-corrected chi connectivity index (χ0v) is 18.1. The molecule has 150 valence electrons. The monoisotopic (exact) mass is 403 g/mol. The molecule has 4 heteroatoms. The minimum absolute atomic E-state index is 0.312. The normalized spacial score (nSPS) is 17.5. The Bertz CT molecular complexity index is 883. The zero-order valence-electron chi connectivity index (χ0n) is 17.3. The van der Waals surface area contributed by atoms with Gasteiger partial charge in [0.25, 0.3) is 0 Å². The van der Waals surface area contributed by atoms with Gasteiger partial charge in [0, 0.05) is 17.1 Å². The van der Waals surface area contributed by atoms with Crippen molar-refractivity contribution in [1.82, 2.24) is 4.98 Å². The van der Waals surface area contributed by atoms with Gasteiger partial charge in [0.1, 0.15) is 5.03 Å². The maximum absolute atomic E-state index is 5.01. The summed E-state index contributed by atoms with van der Waals surface area (Å²) in [5.74, 6) is 0. The number of rotatable bonds is 9. The summed E-state index contributed by atoms with van der Waals surface area (Å²) in [5.41, 5.74) is 2.91. The van der Waals surface area contributed by atoms with Gasteiger partial charge >= 0.3 is 0 Å². The van der Waals surface area contributed by atoms with Gasteiger partial charge in [0.2, 0.25) is 0 Å². The molecule has 3 rings (SSSR count). The van der Waals surface area contributed by atoms with Crippen LogP contribution in [0.3, 0.4) is 0 Å². The van der Waals surface area contributed by atoms with Crippen LogP contribution >= 0.6 is 11.8 Å². The van der Waals surface area contributed by atoms with Gasteiger partial charge in [0.15, 0.2) is 0 Å². The van der Waals surface area contributed by atoms with Crippen LogP contribution in [0, 0.1) is 0 Å². The van der Waals surface area contributed by atoms with E-state index >= 15 is 0 Å². The molecule has 2 aromatic rings. The lowest BCUT2D eigenvalue weighted by molar-refractivity contribution is 0.577. The number of thioether (sulfide) groups is 1. The van der Waals surface area contributed by atoms with Crippen molar-refractivity contribution in [3.63, 3.8) is 0 Å². The molecule has 0 saturated heterocycles. The Morgan fingerprint density at radius 3 is 2.55 bits per heavy atom. The van der Waals surface area contributed by atoms with Gasteiger partial charge in [-0.3, -0.25) is 4.99 Å². The summed E-state index contributed by atoms with van der Waals surface area (Å²) in [6, 6.07) is 16.3. The second-order valence-corrected chi connectivity index (χ2v) is 8.26. The van der Waals surface area contributed by atoms with Crippen LogP contribution in [0.25, 0.3) is 0 Å². The van der Waals surface area contributed by atoms with Crippen molar-refractivity contribution in [1.29, 1.82) is 0 Å². The molecule has 0 aliphatic heterocycles. The topological polar surface area (TPSA) is 37.6 Å². The molecule has 1 aromatic heterocycles. The van der Waals surface area contributed by atoms with Crippen molar-refractivity contribution in [2.24, 2.45) is 9.98 Å². The maximum atomic E-state index is 5.01. The lowest BCUT2D eigenvalue weighted by Gasteiger charge is -2.15. The number of unbranched alkanes of at least 4 members (excludes halogenated alkanes) is 3. The average molecular weight is 404 g/mol. The molecule has 1 aromatic carbocycles. The molecule has 0 spiro atoms. The Morgan fingerprint density at radius 1 is 0.966 bits per heavy atom. The summed E-state index contributed by atoms with van der Waals surface area (Å²) in [6.07, 6.45) is 14.3. The van der Waals surface area contributed by atoms with E-state index in [1.165, 1.54) is 25.7 Å². The van der Waals surface area contributed by atoms with Gasteiger partial charge in [-0.2, -0.15) is 0 Å². The fourth-order valence-electron chi connectivity index (χ4n) is 3.10. The minimum atomic E-state index is 0.312. The van der Waals surface area contributed by atoms with Crippen molar-refractivity contribution < 1.29 is 0 Å². The van der Waals surface area contributed by atoms with Crippen molar-refractivity contribution >= 4 is 28.9 Å². The van der Waals surface area contributed by atoms with E-state index in [-0.39, 0.29) is 0 Å². The molecule has 29 heavy (non-hydrogen) atoms. The van der Waals surface area contributed by atoms with Crippen molar-refractivity contribution in [2.45, 2.75) is 57.0 Å². The number of allylic oxidation sites excluding steroid dienone is 4. The largest absolute Gasteiger partial charge is 0.281 e. The Hall–Kier alpha value is -2.46. The summed E-state index contributed by atoms with van der Waals surface area (Å²) in [4.78, 5) is 15.3. The van der Waals surface area contributed by atoms with Crippen LogP contribution < -0.4 is 0 Å². The van der Waals surface area contributed by atoms with Gasteiger partial charge in [-0.1, -0.05) is 68.6 Å². The van der Waals surface area contributed by atoms with Crippen LogP contribution in [0.5, 0.6) is 0 Å². The fourth-order valence-corrected chi connectivity index (χ4v) is 3.99. The molecule has 0 fully saturated rings. The summed E-state index contributed by atoms with van der Waals surface area (Å²) in [7, 11) is 0. The van der Waals surface area contributed by atoms with E-state index in [9.17, 15) is 0 Å². The number of aliphatic imine (C=N–C) groups is 2. The van der Waals surface area contributed by atoms with E-state index in [4.69, 9.17) is 9.98 Å². The Morgan fingerprint density at radius 2 is 1.79 bits per heavy atom. The van der Waals surface area contributed by atoms with Gasteiger partial charge < -0.3 is 0 Å². The molecule has 1 heterocycles. The van der Waals surface area contributed by atoms with Gasteiger partial charge in [-0.15, -0.1) is 0 Å². The highest BCUT2D eigenvalue weighted by molar-refractivity contribution is 8.04. The van der Waals surface area contributed by atoms with Crippen LogP contribution in [0.1, 0.15) is 46.0 Å². The summed E-state index contributed by atoms with van der Waals surface area (Å²) in [5, 5.41) is 0.969. The quantitative estimate of drug-likeness (QED) is 0.328. The van der Waals surface area contributed by atoms with Crippen LogP contribution in [-0.4, -0.2) is 22.4 Å². The van der Waals surface area contributed by atoms with E-state index in [0.717, 1.165) is 33.5 Å². The third kappa shape index (κ3) is 7.13. The van der Waals surface area contributed by atoms with Crippen molar-refractivity contribution in [3.05, 3.63) is 77.9 Å². The first-order valence-electron chi connectivity index (χ1n) is 10.4. The Kier molecular flexibility index (Phi) is 8.44. The highest BCUT2D eigenvalue weighted by atomic mass is 32.2. The minimum Gasteiger partial charge on any atom is -0.281 e. The molecule has 0 N–H and O–H groups in total. The Balaban J connectivity index is 1.80. The lowest BCUT2D eigenvalue weighted by Crippen LogP contribution is -2.10. The number of para-hydroxylation sites is 1. The van der Waals surface area contributed by atoms with E-state index in [0.29, 0.717) is 6.04 Å². The maximum Gasteiger partial charge on any atom is 0.101 e. The molecular weight excluding hydrogens is 374 g/mol. The molecule has 0 saturated carbocycles. The predicted octanol–water partition coefficient (Wildman–Crippen LogP) is 7.20. The van der Waals surface area contributed by atoms with E-state index in [1.54, 1.807) is 11.8 Å². The van der Waals surface area contributed by atoms with E-state index in [2.05, 4.69) is 37.1 Å². The smallest absolute Gasteiger partial charge is 0.101 e. The summed E-state index contributed by atoms with van der Waals surface area (Å²) < 4.78 is 0. The van der Waals surface area contributed by atoms with Gasteiger partial charge in [0.05, 0.1) is 17.1 Å². The number of pyridine rings is 1. The number of nitrogens with zero attached hydrogens (tertiary/aromatic N) is 3. The van der Waals surface area contributed by atoms with Crippen LogP contribution in [0.4, 0.5) is 5.69 Å². The standard InChI is InChI=1S/C25H29N3S/c1-3-4-5-7-12-20(2)27-23-17-16-22(28-21-13-8-6-9-14-21)19-24(23)29-25-15-10-11-18-26-25/h6,8-11,13-20H,3-5,7,12H2,1-2H3. The first kappa shape index (κ1) is 21.3. The third-order valence-electron chi connectivity index (χ3n) is 4.64. The number of hydrogen-bond acceptors (Lipinski definition) is 4. The van der Waals surface area contributed by atoms with Gasteiger partial charge in [-0.25, -0.2) is 9.98 Å².